The lowest BCUT2D eigenvalue weighted by Gasteiger charge is -2.59. The molecule has 0 aromatic heterocycles. The molecule has 0 aliphatic heterocycles. The van der Waals surface area contributed by atoms with Crippen LogP contribution in [0.25, 0.3) is 0 Å². The smallest absolute Gasteiger partial charge is 0.0657 e. The predicted molar refractivity (Wildman–Crippen MR) is 126 cm³/mol. The summed E-state index contributed by atoms with van der Waals surface area (Å²) in [6.45, 7) is 9.95. The van der Waals surface area contributed by atoms with E-state index in [1.165, 1.54) is 77.0 Å². The average Bonchev–Trinajstić information content (AvgIpc) is 3.01. The maximum atomic E-state index is 10.7. The summed E-state index contributed by atoms with van der Waals surface area (Å²) in [6.07, 6.45) is 21.9. The molecule has 8 atom stereocenters. The first kappa shape index (κ1) is 21.5. The van der Waals surface area contributed by atoms with E-state index in [9.17, 15) is 5.11 Å². The summed E-state index contributed by atoms with van der Waals surface area (Å²) in [5.74, 6) is 5.71. The maximum absolute atomic E-state index is 10.7. The van der Waals surface area contributed by atoms with Crippen molar-refractivity contribution in [3.63, 3.8) is 0 Å². The van der Waals surface area contributed by atoms with Crippen LogP contribution < -0.4 is 0 Å². The topological polar surface area (TPSA) is 20.2 Å². The Kier molecular flexibility index (Phi) is 5.48. The van der Waals surface area contributed by atoms with Crippen LogP contribution in [0, 0.1) is 46.3 Å². The van der Waals surface area contributed by atoms with E-state index in [4.69, 9.17) is 0 Å². The number of hydrogen-bond donors (Lipinski definition) is 1. The Morgan fingerprint density at radius 3 is 2.53 bits per heavy atom. The van der Waals surface area contributed by atoms with Gasteiger partial charge >= 0.3 is 0 Å². The van der Waals surface area contributed by atoms with Crippen molar-refractivity contribution >= 4 is 0 Å². The zero-order valence-electron chi connectivity index (χ0n) is 20.4. The quantitative estimate of drug-likeness (QED) is 0.455. The number of rotatable bonds is 5. The summed E-state index contributed by atoms with van der Waals surface area (Å²) in [7, 11) is 0. The molecule has 1 heteroatoms. The summed E-state index contributed by atoms with van der Waals surface area (Å²) in [5, 5.41) is 10.7. The van der Waals surface area contributed by atoms with Gasteiger partial charge in [-0.05, 0) is 105 Å². The van der Waals surface area contributed by atoms with Gasteiger partial charge in [0.25, 0.3) is 0 Å². The molecule has 1 nitrogen and oxygen atoms in total. The van der Waals surface area contributed by atoms with E-state index in [1.54, 1.807) is 5.57 Å². The van der Waals surface area contributed by atoms with Crippen LogP contribution in [0.3, 0.4) is 0 Å². The van der Waals surface area contributed by atoms with Gasteiger partial charge in [-0.25, -0.2) is 0 Å². The molecular weight excluding hydrogens is 364 g/mol. The number of fused-ring (bicyclic) bond motifs is 5. The Hall–Kier alpha value is -0.300. The van der Waals surface area contributed by atoms with E-state index in [-0.39, 0.29) is 0 Å². The SMILES string of the molecule is C[C@H](CCCC1CCC1)[C@H]1CC[C@H]2[C@@H]3CC=C4C[C@@](C)(O)CC[C@]4(C)[C@H]3CC[C@]12C. The molecule has 170 valence electrons. The molecule has 0 amide bonds. The lowest BCUT2D eigenvalue weighted by molar-refractivity contribution is -0.0706. The molecule has 0 unspecified atom stereocenters. The van der Waals surface area contributed by atoms with Crippen molar-refractivity contribution in [3.05, 3.63) is 11.6 Å². The highest BCUT2D eigenvalue weighted by atomic mass is 16.3. The van der Waals surface area contributed by atoms with E-state index < -0.39 is 5.60 Å². The predicted octanol–water partition coefficient (Wildman–Crippen LogP) is 7.92. The molecule has 0 saturated heterocycles. The van der Waals surface area contributed by atoms with Gasteiger partial charge in [-0.3, -0.25) is 0 Å². The second kappa shape index (κ2) is 7.64. The van der Waals surface area contributed by atoms with E-state index in [0.29, 0.717) is 10.8 Å². The third kappa shape index (κ3) is 3.45. The van der Waals surface area contributed by atoms with Gasteiger partial charge in [-0.1, -0.05) is 70.9 Å². The van der Waals surface area contributed by atoms with Gasteiger partial charge in [-0.15, -0.1) is 0 Å². The molecule has 5 aliphatic rings. The van der Waals surface area contributed by atoms with Crippen LogP contribution in [0.15, 0.2) is 11.6 Å². The third-order valence-corrected chi connectivity index (χ3v) is 11.6. The fourth-order valence-corrected chi connectivity index (χ4v) is 9.49. The standard InChI is InChI=1S/C29H48O/c1-20(7-5-8-21-9-6-10-21)24-13-14-25-23-12-11-22-19-27(2,30)17-18-28(22,3)26(23)15-16-29(24,25)4/h11,20-21,23-26,30H,5-10,12-19H2,1-4H3/t20-,23+,24-,25+,26+,27+,28+,29-/m1/s1. The zero-order chi connectivity index (χ0) is 21.1. The Balaban J connectivity index is 1.28. The van der Waals surface area contributed by atoms with Crippen LogP contribution in [0.2, 0.25) is 0 Å². The number of hydrogen-bond acceptors (Lipinski definition) is 1. The molecule has 0 aromatic carbocycles. The van der Waals surface area contributed by atoms with Crippen molar-refractivity contribution in [2.24, 2.45) is 46.3 Å². The minimum absolute atomic E-state index is 0.374. The second-order valence-corrected chi connectivity index (χ2v) is 13.4. The number of allylic oxidation sites excluding steroid dienone is 1. The molecule has 0 aromatic rings. The van der Waals surface area contributed by atoms with Gasteiger partial charge in [-0.2, -0.15) is 0 Å². The van der Waals surface area contributed by atoms with Gasteiger partial charge in [0, 0.05) is 0 Å². The highest BCUT2D eigenvalue weighted by Gasteiger charge is 2.59. The van der Waals surface area contributed by atoms with Crippen LogP contribution in [0.1, 0.15) is 118 Å². The molecule has 1 N–H and O–H groups in total. The van der Waals surface area contributed by atoms with Crippen LogP contribution >= 0.6 is 0 Å². The van der Waals surface area contributed by atoms with E-state index in [2.05, 4.69) is 33.8 Å². The summed E-state index contributed by atoms with van der Waals surface area (Å²) in [4.78, 5) is 0. The zero-order valence-corrected chi connectivity index (χ0v) is 20.4. The first-order valence-corrected chi connectivity index (χ1v) is 13.6. The van der Waals surface area contributed by atoms with Crippen molar-refractivity contribution in [2.75, 3.05) is 0 Å². The lowest BCUT2D eigenvalue weighted by atomic mass is 9.46. The van der Waals surface area contributed by atoms with Crippen molar-refractivity contribution < 1.29 is 5.11 Å². The van der Waals surface area contributed by atoms with Crippen molar-refractivity contribution in [2.45, 2.75) is 123 Å². The van der Waals surface area contributed by atoms with Crippen LogP contribution in [0.4, 0.5) is 0 Å². The summed E-state index contributed by atoms with van der Waals surface area (Å²) >= 11 is 0. The second-order valence-electron chi connectivity index (χ2n) is 13.4. The summed E-state index contributed by atoms with van der Waals surface area (Å²) < 4.78 is 0. The van der Waals surface area contributed by atoms with Gasteiger partial charge in [0.2, 0.25) is 0 Å². The Bertz CT molecular complexity index is 672. The molecule has 4 fully saturated rings. The minimum atomic E-state index is -0.464. The van der Waals surface area contributed by atoms with E-state index in [0.717, 1.165) is 48.3 Å². The van der Waals surface area contributed by atoms with E-state index in [1.807, 2.05) is 0 Å². The van der Waals surface area contributed by atoms with Gasteiger partial charge < -0.3 is 5.11 Å². The van der Waals surface area contributed by atoms with Gasteiger partial charge in [0.1, 0.15) is 0 Å². The molecule has 0 heterocycles. The Morgan fingerprint density at radius 2 is 1.80 bits per heavy atom. The molecule has 0 radical (unpaired) electrons. The Morgan fingerprint density at radius 1 is 1.00 bits per heavy atom. The molecule has 5 rings (SSSR count). The van der Waals surface area contributed by atoms with Crippen molar-refractivity contribution in [1.29, 1.82) is 0 Å². The minimum Gasteiger partial charge on any atom is -0.390 e. The van der Waals surface area contributed by atoms with Gasteiger partial charge in [0.15, 0.2) is 0 Å². The van der Waals surface area contributed by atoms with Gasteiger partial charge in [0.05, 0.1) is 5.60 Å². The largest absolute Gasteiger partial charge is 0.390 e. The highest BCUT2D eigenvalue weighted by molar-refractivity contribution is 5.26. The van der Waals surface area contributed by atoms with E-state index >= 15 is 0 Å². The maximum Gasteiger partial charge on any atom is 0.0657 e. The monoisotopic (exact) mass is 412 g/mol. The lowest BCUT2D eigenvalue weighted by Crippen LogP contribution is -2.52. The third-order valence-electron chi connectivity index (χ3n) is 11.6. The summed E-state index contributed by atoms with van der Waals surface area (Å²) in [5.41, 5.74) is 2.12. The van der Waals surface area contributed by atoms with Crippen molar-refractivity contribution in [1.82, 2.24) is 0 Å². The van der Waals surface area contributed by atoms with Crippen LogP contribution in [-0.2, 0) is 0 Å². The molecule has 0 bridgehead atoms. The molecule has 4 saturated carbocycles. The number of aliphatic hydroxyl groups is 1. The van der Waals surface area contributed by atoms with Crippen LogP contribution in [0.5, 0.6) is 0 Å². The first-order chi connectivity index (χ1) is 14.2. The van der Waals surface area contributed by atoms with Crippen LogP contribution in [-0.4, -0.2) is 10.7 Å². The normalized spacial score (nSPS) is 49.4. The average molecular weight is 413 g/mol. The van der Waals surface area contributed by atoms with Crippen molar-refractivity contribution in [3.8, 4) is 0 Å². The molecular formula is C29H48O. The highest BCUT2D eigenvalue weighted by Crippen LogP contribution is 2.67. The molecule has 0 spiro atoms. The fourth-order valence-electron chi connectivity index (χ4n) is 9.49. The fraction of sp³-hybridized carbons (Fsp3) is 0.931. The summed E-state index contributed by atoms with van der Waals surface area (Å²) in [6, 6.07) is 0. The first-order valence-electron chi connectivity index (χ1n) is 13.6. The Labute approximate surface area is 186 Å². The molecule has 30 heavy (non-hydrogen) atoms. The molecule has 5 aliphatic carbocycles.